The van der Waals surface area contributed by atoms with Crippen LogP contribution in [0.2, 0.25) is 0 Å². The summed E-state index contributed by atoms with van der Waals surface area (Å²) in [6, 6.07) is 9.44. The molecule has 0 atom stereocenters. The number of carbonyl (C=O) groups excluding carboxylic acids is 2. The van der Waals surface area contributed by atoms with Crippen molar-refractivity contribution in [1.82, 2.24) is 24.7 Å². The van der Waals surface area contributed by atoms with Crippen LogP contribution in [0.3, 0.4) is 0 Å². The van der Waals surface area contributed by atoms with E-state index >= 15 is 0 Å². The van der Waals surface area contributed by atoms with Crippen molar-refractivity contribution in [3.05, 3.63) is 60.2 Å². The topological polar surface area (TPSA) is 69.6 Å². The average Bonchev–Trinajstić information content (AvgIpc) is 2.93. The lowest BCUT2D eigenvalue weighted by Crippen LogP contribution is -2.57. The molecule has 7 nitrogen and oxygen atoms in total. The molecule has 0 aliphatic carbocycles. The standard InChI is InChI=1S/C23H29N5O2/c1-18(2)15-28-22(30)27(17-20-5-3-4-10-25-20)21(29)23(28)8-13-26(14-9-23)16-19-6-11-24-12-7-19/h3-7,10-12,18H,8-9,13-17H2,1-2H3. The number of piperidine rings is 1. The van der Waals surface area contributed by atoms with E-state index in [1.165, 1.54) is 10.5 Å². The van der Waals surface area contributed by atoms with Crippen LogP contribution in [0.15, 0.2) is 48.9 Å². The van der Waals surface area contributed by atoms with Gasteiger partial charge in [0.15, 0.2) is 0 Å². The summed E-state index contributed by atoms with van der Waals surface area (Å²) in [5.74, 6) is 0.227. The molecule has 2 aromatic rings. The summed E-state index contributed by atoms with van der Waals surface area (Å²) < 4.78 is 0. The van der Waals surface area contributed by atoms with Gasteiger partial charge in [0.2, 0.25) is 0 Å². The zero-order valence-corrected chi connectivity index (χ0v) is 17.7. The molecule has 30 heavy (non-hydrogen) atoms. The highest BCUT2D eigenvalue weighted by Gasteiger charge is 2.57. The third-order valence-corrected chi connectivity index (χ3v) is 6.05. The van der Waals surface area contributed by atoms with Gasteiger partial charge >= 0.3 is 6.03 Å². The maximum Gasteiger partial charge on any atom is 0.328 e. The van der Waals surface area contributed by atoms with E-state index in [4.69, 9.17) is 0 Å². The first-order chi connectivity index (χ1) is 14.5. The van der Waals surface area contributed by atoms with E-state index in [0.29, 0.717) is 25.3 Å². The Bertz CT molecular complexity index is 879. The summed E-state index contributed by atoms with van der Waals surface area (Å²) in [5.41, 5.74) is 1.21. The number of amides is 3. The number of likely N-dealkylation sites (tertiary alicyclic amines) is 1. The van der Waals surface area contributed by atoms with E-state index in [1.54, 1.807) is 18.6 Å². The normalized spacial score (nSPS) is 19.3. The van der Waals surface area contributed by atoms with Gasteiger partial charge < -0.3 is 4.90 Å². The molecule has 0 bridgehead atoms. The van der Waals surface area contributed by atoms with Crippen LogP contribution in [0.1, 0.15) is 37.9 Å². The number of carbonyl (C=O) groups is 2. The molecule has 3 amide bonds. The van der Waals surface area contributed by atoms with Crippen LogP contribution in [0, 0.1) is 5.92 Å². The van der Waals surface area contributed by atoms with Crippen molar-refractivity contribution in [3.8, 4) is 0 Å². The number of hydrogen-bond acceptors (Lipinski definition) is 5. The lowest BCUT2D eigenvalue weighted by molar-refractivity contribution is -0.136. The van der Waals surface area contributed by atoms with Gasteiger partial charge in [0.1, 0.15) is 5.54 Å². The Morgan fingerprint density at radius 3 is 2.37 bits per heavy atom. The molecule has 0 aromatic carbocycles. The number of pyridine rings is 2. The second-order valence-electron chi connectivity index (χ2n) is 8.66. The van der Waals surface area contributed by atoms with Gasteiger partial charge in [-0.2, -0.15) is 0 Å². The second-order valence-corrected chi connectivity index (χ2v) is 8.66. The molecule has 2 aliphatic rings. The number of aromatic nitrogens is 2. The molecular formula is C23H29N5O2. The lowest BCUT2D eigenvalue weighted by atomic mass is 9.85. The van der Waals surface area contributed by atoms with Gasteiger partial charge in [0.05, 0.1) is 12.2 Å². The van der Waals surface area contributed by atoms with Crippen LogP contribution < -0.4 is 0 Å². The maximum absolute atomic E-state index is 13.6. The number of hydrogen-bond donors (Lipinski definition) is 0. The fourth-order valence-electron chi connectivity index (χ4n) is 4.50. The molecule has 158 valence electrons. The fraction of sp³-hybridized carbons (Fsp3) is 0.478. The van der Waals surface area contributed by atoms with Crippen molar-refractivity contribution in [2.24, 2.45) is 5.92 Å². The molecule has 7 heteroatoms. The molecule has 2 saturated heterocycles. The molecule has 2 aliphatic heterocycles. The van der Waals surface area contributed by atoms with Crippen LogP contribution in [-0.2, 0) is 17.9 Å². The van der Waals surface area contributed by atoms with Crippen molar-refractivity contribution in [3.63, 3.8) is 0 Å². The smallest absolute Gasteiger partial charge is 0.309 e. The molecule has 0 N–H and O–H groups in total. The first kappa shape index (κ1) is 20.5. The van der Waals surface area contributed by atoms with E-state index in [2.05, 4.69) is 28.7 Å². The van der Waals surface area contributed by atoms with Crippen molar-refractivity contribution in [2.45, 2.75) is 45.3 Å². The lowest BCUT2D eigenvalue weighted by Gasteiger charge is -2.42. The fourth-order valence-corrected chi connectivity index (χ4v) is 4.50. The van der Waals surface area contributed by atoms with Gasteiger partial charge in [0, 0.05) is 44.8 Å². The highest BCUT2D eigenvalue weighted by molar-refractivity contribution is 6.07. The van der Waals surface area contributed by atoms with E-state index in [-0.39, 0.29) is 18.5 Å². The molecule has 1 spiro atoms. The van der Waals surface area contributed by atoms with Crippen molar-refractivity contribution < 1.29 is 9.59 Å². The van der Waals surface area contributed by atoms with E-state index in [0.717, 1.165) is 25.3 Å². The minimum Gasteiger partial charge on any atom is -0.309 e. The maximum atomic E-state index is 13.6. The quantitative estimate of drug-likeness (QED) is 0.689. The van der Waals surface area contributed by atoms with E-state index < -0.39 is 5.54 Å². The summed E-state index contributed by atoms with van der Waals surface area (Å²) >= 11 is 0. The Kier molecular flexibility index (Phi) is 5.81. The third kappa shape index (κ3) is 3.94. The molecule has 0 radical (unpaired) electrons. The van der Waals surface area contributed by atoms with Crippen molar-refractivity contribution in [1.29, 1.82) is 0 Å². The largest absolute Gasteiger partial charge is 0.328 e. The Morgan fingerprint density at radius 1 is 1.00 bits per heavy atom. The van der Waals surface area contributed by atoms with Crippen molar-refractivity contribution >= 4 is 11.9 Å². The summed E-state index contributed by atoms with van der Waals surface area (Å²) in [4.78, 5) is 40.8. The van der Waals surface area contributed by atoms with Crippen LogP contribution in [-0.4, -0.2) is 61.8 Å². The second kappa shape index (κ2) is 8.52. The summed E-state index contributed by atoms with van der Waals surface area (Å²) in [6.07, 6.45) is 6.63. The van der Waals surface area contributed by atoms with Crippen LogP contribution in [0.5, 0.6) is 0 Å². The first-order valence-electron chi connectivity index (χ1n) is 10.6. The summed E-state index contributed by atoms with van der Waals surface area (Å²) in [5, 5.41) is 0. The number of nitrogens with zero attached hydrogens (tertiary/aromatic N) is 5. The number of imide groups is 1. The van der Waals surface area contributed by atoms with E-state index in [9.17, 15) is 9.59 Å². The number of urea groups is 1. The summed E-state index contributed by atoms with van der Waals surface area (Å²) in [7, 11) is 0. The van der Waals surface area contributed by atoms with E-state index in [1.807, 2.05) is 35.2 Å². The molecule has 2 aromatic heterocycles. The Labute approximate surface area is 177 Å². The minimum atomic E-state index is -0.731. The Morgan fingerprint density at radius 2 is 1.73 bits per heavy atom. The third-order valence-electron chi connectivity index (χ3n) is 6.05. The van der Waals surface area contributed by atoms with Crippen LogP contribution in [0.25, 0.3) is 0 Å². The number of rotatable bonds is 6. The Balaban J connectivity index is 1.52. The van der Waals surface area contributed by atoms with Crippen LogP contribution >= 0.6 is 0 Å². The summed E-state index contributed by atoms with van der Waals surface area (Å²) in [6.45, 7) is 7.41. The minimum absolute atomic E-state index is 0.0673. The predicted molar refractivity (Wildman–Crippen MR) is 113 cm³/mol. The average molecular weight is 408 g/mol. The molecule has 2 fully saturated rings. The zero-order chi connectivity index (χ0) is 21.1. The van der Waals surface area contributed by atoms with Gasteiger partial charge in [-0.05, 0) is 48.6 Å². The highest BCUT2D eigenvalue weighted by atomic mass is 16.2. The molecule has 0 saturated carbocycles. The molecular weight excluding hydrogens is 378 g/mol. The zero-order valence-electron chi connectivity index (χ0n) is 17.7. The van der Waals surface area contributed by atoms with Gasteiger partial charge in [-0.15, -0.1) is 0 Å². The molecule has 4 rings (SSSR count). The van der Waals surface area contributed by atoms with Crippen LogP contribution in [0.4, 0.5) is 4.79 Å². The van der Waals surface area contributed by atoms with Crippen molar-refractivity contribution in [2.75, 3.05) is 19.6 Å². The van der Waals surface area contributed by atoms with Gasteiger partial charge in [-0.3, -0.25) is 24.6 Å². The Hall–Kier alpha value is -2.80. The molecule has 4 heterocycles. The first-order valence-corrected chi connectivity index (χ1v) is 10.6. The predicted octanol–water partition coefficient (Wildman–Crippen LogP) is 2.93. The SMILES string of the molecule is CC(C)CN1C(=O)N(Cc2ccccn2)C(=O)C12CCN(Cc1ccncc1)CC2. The van der Waals surface area contributed by atoms with Gasteiger partial charge in [-0.25, -0.2) is 4.79 Å². The molecule has 0 unspecified atom stereocenters. The van der Waals surface area contributed by atoms with Gasteiger partial charge in [-0.1, -0.05) is 19.9 Å². The highest BCUT2D eigenvalue weighted by Crippen LogP contribution is 2.38. The van der Waals surface area contributed by atoms with Gasteiger partial charge in [0.25, 0.3) is 5.91 Å². The monoisotopic (exact) mass is 407 g/mol.